The van der Waals surface area contributed by atoms with Crippen LogP contribution in [0.25, 0.3) is 11.3 Å². The van der Waals surface area contributed by atoms with E-state index >= 15 is 0 Å². The molecule has 0 bridgehead atoms. The molecule has 0 saturated heterocycles. The summed E-state index contributed by atoms with van der Waals surface area (Å²) >= 11 is 0. The average Bonchev–Trinajstić information content (AvgIpc) is 3.12. The van der Waals surface area contributed by atoms with Crippen LogP contribution in [0.3, 0.4) is 0 Å². The van der Waals surface area contributed by atoms with Gasteiger partial charge in [-0.2, -0.15) is 0 Å². The molecule has 0 radical (unpaired) electrons. The Labute approximate surface area is 170 Å². The van der Waals surface area contributed by atoms with Gasteiger partial charge in [-0.25, -0.2) is 0 Å². The maximum absolute atomic E-state index is 13.0. The highest BCUT2D eigenvalue weighted by atomic mass is 16.5. The van der Waals surface area contributed by atoms with Crippen molar-refractivity contribution in [2.24, 2.45) is 0 Å². The van der Waals surface area contributed by atoms with Gasteiger partial charge < -0.3 is 19.3 Å². The van der Waals surface area contributed by atoms with Crippen LogP contribution in [0, 0.1) is 6.92 Å². The summed E-state index contributed by atoms with van der Waals surface area (Å²) in [6, 6.07) is 14.9. The van der Waals surface area contributed by atoms with Crippen LogP contribution in [0.15, 0.2) is 53.1 Å². The lowest BCUT2D eigenvalue weighted by molar-refractivity contribution is 0.0939. The molecule has 2 aromatic carbocycles. The van der Waals surface area contributed by atoms with E-state index in [1.807, 2.05) is 69.3 Å². The first kappa shape index (κ1) is 20.5. The van der Waals surface area contributed by atoms with Crippen LogP contribution in [0.2, 0.25) is 0 Å². The molecular weight excluding hydrogens is 368 g/mol. The van der Waals surface area contributed by atoms with Crippen molar-refractivity contribution < 1.29 is 18.8 Å². The van der Waals surface area contributed by atoms with E-state index in [9.17, 15) is 4.79 Å². The highest BCUT2D eigenvalue weighted by molar-refractivity contribution is 6.00. The average molecular weight is 394 g/mol. The molecule has 6 heteroatoms. The van der Waals surface area contributed by atoms with Crippen molar-refractivity contribution in [2.45, 2.75) is 33.7 Å². The Morgan fingerprint density at radius 1 is 1.07 bits per heavy atom. The molecule has 0 aliphatic heterocycles. The first-order chi connectivity index (χ1) is 14.0. The van der Waals surface area contributed by atoms with E-state index < -0.39 is 0 Å². The van der Waals surface area contributed by atoms with Crippen LogP contribution in [0.4, 0.5) is 0 Å². The van der Waals surface area contributed by atoms with Crippen molar-refractivity contribution in [3.8, 4) is 22.8 Å². The standard InChI is InChI=1S/C23H26N2O4/c1-5-27-19-13-12-18(14-20(19)28-6-2)15(3)24-23(26)21-16(4)25-29-22(21)17-10-8-7-9-11-17/h7-15H,5-6H2,1-4H3,(H,24,26)/t15-/m1/s1. The molecule has 3 aromatic rings. The smallest absolute Gasteiger partial charge is 0.257 e. The first-order valence-corrected chi connectivity index (χ1v) is 9.77. The zero-order valence-corrected chi connectivity index (χ0v) is 17.2. The Balaban J connectivity index is 1.83. The number of nitrogens with one attached hydrogen (secondary N) is 1. The predicted molar refractivity (Wildman–Crippen MR) is 111 cm³/mol. The minimum atomic E-state index is -0.240. The summed E-state index contributed by atoms with van der Waals surface area (Å²) < 4.78 is 16.7. The normalized spacial score (nSPS) is 11.7. The third-order valence-electron chi connectivity index (χ3n) is 4.54. The quantitative estimate of drug-likeness (QED) is 0.586. The number of aromatic nitrogens is 1. The van der Waals surface area contributed by atoms with Gasteiger partial charge in [0.05, 0.1) is 24.9 Å². The molecule has 1 aromatic heterocycles. The second kappa shape index (κ2) is 9.28. The van der Waals surface area contributed by atoms with Gasteiger partial charge >= 0.3 is 0 Å². The molecule has 0 saturated carbocycles. The van der Waals surface area contributed by atoms with E-state index in [4.69, 9.17) is 14.0 Å². The van der Waals surface area contributed by atoms with Crippen LogP contribution < -0.4 is 14.8 Å². The van der Waals surface area contributed by atoms with Gasteiger partial charge in [0.25, 0.3) is 5.91 Å². The van der Waals surface area contributed by atoms with Gasteiger partial charge in [-0.3, -0.25) is 4.79 Å². The van der Waals surface area contributed by atoms with Crippen molar-refractivity contribution >= 4 is 5.91 Å². The number of benzene rings is 2. The Hall–Kier alpha value is -3.28. The zero-order valence-electron chi connectivity index (χ0n) is 17.2. The number of amides is 1. The molecule has 0 spiro atoms. The minimum absolute atomic E-state index is 0.234. The molecule has 0 unspecified atom stereocenters. The third-order valence-corrected chi connectivity index (χ3v) is 4.54. The zero-order chi connectivity index (χ0) is 20.8. The molecule has 0 aliphatic carbocycles. The summed E-state index contributed by atoms with van der Waals surface area (Å²) in [5.41, 5.74) is 2.72. The lowest BCUT2D eigenvalue weighted by atomic mass is 10.0. The van der Waals surface area contributed by atoms with Crippen molar-refractivity contribution in [1.29, 1.82) is 0 Å². The fourth-order valence-corrected chi connectivity index (χ4v) is 3.11. The number of aryl methyl sites for hydroxylation is 1. The summed E-state index contributed by atoms with van der Waals surface area (Å²) in [6.45, 7) is 8.63. The number of rotatable bonds is 8. The van der Waals surface area contributed by atoms with Gasteiger partial charge in [0.2, 0.25) is 0 Å². The van der Waals surface area contributed by atoms with Gasteiger partial charge in [-0.1, -0.05) is 41.6 Å². The van der Waals surface area contributed by atoms with E-state index in [-0.39, 0.29) is 11.9 Å². The van der Waals surface area contributed by atoms with Crippen LogP contribution >= 0.6 is 0 Å². The Bertz CT molecular complexity index is 966. The highest BCUT2D eigenvalue weighted by Crippen LogP contribution is 2.31. The molecule has 1 heterocycles. The summed E-state index contributed by atoms with van der Waals surface area (Å²) in [6.07, 6.45) is 0. The van der Waals surface area contributed by atoms with Crippen molar-refractivity contribution in [3.05, 3.63) is 65.4 Å². The Morgan fingerprint density at radius 3 is 2.45 bits per heavy atom. The van der Waals surface area contributed by atoms with Gasteiger partial charge in [-0.05, 0) is 45.4 Å². The number of ether oxygens (including phenoxy) is 2. The lowest BCUT2D eigenvalue weighted by Crippen LogP contribution is -2.27. The molecule has 29 heavy (non-hydrogen) atoms. The Kier molecular flexibility index (Phi) is 6.54. The highest BCUT2D eigenvalue weighted by Gasteiger charge is 2.23. The SMILES string of the molecule is CCOc1ccc([C@@H](C)NC(=O)c2c(C)noc2-c2ccccc2)cc1OCC. The molecule has 1 amide bonds. The molecule has 1 atom stereocenters. The second-order valence-corrected chi connectivity index (χ2v) is 6.61. The van der Waals surface area contributed by atoms with Crippen LogP contribution in [0.5, 0.6) is 11.5 Å². The molecular formula is C23H26N2O4. The Morgan fingerprint density at radius 2 is 1.76 bits per heavy atom. The summed E-state index contributed by atoms with van der Waals surface area (Å²) in [5.74, 6) is 1.59. The summed E-state index contributed by atoms with van der Waals surface area (Å²) in [4.78, 5) is 13.0. The van der Waals surface area contributed by atoms with Crippen molar-refractivity contribution in [2.75, 3.05) is 13.2 Å². The van der Waals surface area contributed by atoms with Crippen molar-refractivity contribution in [3.63, 3.8) is 0 Å². The largest absolute Gasteiger partial charge is 0.490 e. The predicted octanol–water partition coefficient (Wildman–Crippen LogP) is 4.94. The number of hydrogen-bond acceptors (Lipinski definition) is 5. The van der Waals surface area contributed by atoms with Gasteiger partial charge in [-0.15, -0.1) is 0 Å². The fraction of sp³-hybridized carbons (Fsp3) is 0.304. The molecule has 3 rings (SSSR count). The van der Waals surface area contributed by atoms with Crippen molar-refractivity contribution in [1.82, 2.24) is 10.5 Å². The molecule has 0 fully saturated rings. The van der Waals surface area contributed by atoms with Crippen LogP contribution in [-0.4, -0.2) is 24.3 Å². The minimum Gasteiger partial charge on any atom is -0.490 e. The van der Waals surface area contributed by atoms with E-state index in [1.165, 1.54) is 0 Å². The van der Waals surface area contributed by atoms with Crippen LogP contribution in [0.1, 0.15) is 48.4 Å². The number of hydrogen-bond donors (Lipinski definition) is 1. The van der Waals surface area contributed by atoms with E-state index in [1.54, 1.807) is 6.92 Å². The van der Waals surface area contributed by atoms with Gasteiger partial charge in [0, 0.05) is 5.56 Å². The lowest BCUT2D eigenvalue weighted by Gasteiger charge is -2.17. The summed E-state index contributed by atoms with van der Waals surface area (Å²) in [5, 5.41) is 7.03. The van der Waals surface area contributed by atoms with E-state index in [0.717, 1.165) is 11.1 Å². The number of carbonyl (C=O) groups is 1. The maximum Gasteiger partial charge on any atom is 0.257 e. The maximum atomic E-state index is 13.0. The second-order valence-electron chi connectivity index (χ2n) is 6.61. The van der Waals surface area contributed by atoms with E-state index in [2.05, 4.69) is 10.5 Å². The molecule has 152 valence electrons. The van der Waals surface area contributed by atoms with Gasteiger partial charge in [0.15, 0.2) is 17.3 Å². The van der Waals surface area contributed by atoms with Crippen LogP contribution in [-0.2, 0) is 0 Å². The fourth-order valence-electron chi connectivity index (χ4n) is 3.11. The van der Waals surface area contributed by atoms with Gasteiger partial charge in [0.1, 0.15) is 5.56 Å². The molecule has 1 N–H and O–H groups in total. The first-order valence-electron chi connectivity index (χ1n) is 9.77. The molecule has 6 nitrogen and oxygen atoms in total. The monoisotopic (exact) mass is 394 g/mol. The topological polar surface area (TPSA) is 73.6 Å². The number of nitrogens with zero attached hydrogens (tertiary/aromatic N) is 1. The van der Waals surface area contributed by atoms with E-state index in [0.29, 0.717) is 41.7 Å². The third kappa shape index (κ3) is 4.59. The molecule has 0 aliphatic rings. The summed E-state index contributed by atoms with van der Waals surface area (Å²) in [7, 11) is 0. The number of carbonyl (C=O) groups excluding carboxylic acids is 1.